The van der Waals surface area contributed by atoms with Crippen molar-refractivity contribution >= 4 is 23.3 Å². The van der Waals surface area contributed by atoms with Crippen LogP contribution >= 0.6 is 0 Å². The molecule has 114 valence electrons. The smallest absolute Gasteiger partial charge is 0.335 e. The van der Waals surface area contributed by atoms with Gasteiger partial charge in [-0.2, -0.15) is 0 Å². The monoisotopic (exact) mass is 294 g/mol. The maximum atomic E-state index is 12.4. The molecule has 7 nitrogen and oxygen atoms in total. The van der Waals surface area contributed by atoms with Gasteiger partial charge in [0.2, 0.25) is 0 Å². The second-order valence-corrected chi connectivity index (χ2v) is 4.60. The minimum atomic E-state index is -1.06. The van der Waals surface area contributed by atoms with Gasteiger partial charge in [-0.05, 0) is 25.1 Å². The molecule has 7 heteroatoms. The van der Waals surface area contributed by atoms with Gasteiger partial charge in [-0.25, -0.2) is 4.79 Å². The molecule has 3 N–H and O–H groups in total. The predicted molar refractivity (Wildman–Crippen MR) is 76.4 cm³/mol. The van der Waals surface area contributed by atoms with Crippen LogP contribution in [0.4, 0.5) is 11.4 Å². The van der Waals surface area contributed by atoms with E-state index in [-0.39, 0.29) is 23.8 Å². The van der Waals surface area contributed by atoms with Crippen LogP contribution in [-0.4, -0.2) is 49.5 Å². The molecule has 1 heterocycles. The van der Waals surface area contributed by atoms with Crippen molar-refractivity contribution in [2.75, 3.05) is 37.0 Å². The van der Waals surface area contributed by atoms with Crippen LogP contribution in [0.25, 0.3) is 0 Å². The molecule has 1 unspecified atom stereocenters. The minimum absolute atomic E-state index is 0.0806. The van der Waals surface area contributed by atoms with Gasteiger partial charge in [0.1, 0.15) is 0 Å². The zero-order valence-corrected chi connectivity index (χ0v) is 11.7. The molecule has 0 radical (unpaired) electrons. The Balaban J connectivity index is 2.24. The zero-order valence-electron chi connectivity index (χ0n) is 11.7. The van der Waals surface area contributed by atoms with Crippen LogP contribution in [0.3, 0.4) is 0 Å². The number of benzene rings is 1. The van der Waals surface area contributed by atoms with Gasteiger partial charge >= 0.3 is 5.97 Å². The molecular formula is C14H18N2O5. The number of aromatic carboxylic acids is 1. The molecule has 0 bridgehead atoms. The normalized spacial score (nSPS) is 18.2. The van der Waals surface area contributed by atoms with E-state index in [2.05, 4.69) is 0 Å². The number of hydrogen-bond acceptors (Lipinski definition) is 5. The topological polar surface area (TPSA) is 102 Å². The van der Waals surface area contributed by atoms with E-state index < -0.39 is 12.1 Å². The predicted octanol–water partition coefficient (Wildman–Crippen LogP) is 0.735. The second-order valence-electron chi connectivity index (χ2n) is 4.60. The van der Waals surface area contributed by atoms with E-state index in [1.807, 2.05) is 6.92 Å². The van der Waals surface area contributed by atoms with Gasteiger partial charge in [0.25, 0.3) is 5.91 Å². The average Bonchev–Trinajstić information content (AvgIpc) is 2.50. The fourth-order valence-corrected chi connectivity index (χ4v) is 2.18. The van der Waals surface area contributed by atoms with Crippen molar-refractivity contribution < 1.29 is 24.2 Å². The molecule has 1 atom stereocenters. The number of amides is 1. The van der Waals surface area contributed by atoms with Crippen molar-refractivity contribution in [1.29, 1.82) is 0 Å². The van der Waals surface area contributed by atoms with Crippen molar-refractivity contribution in [2.24, 2.45) is 0 Å². The summed E-state index contributed by atoms with van der Waals surface area (Å²) < 4.78 is 10.6. The molecule has 1 aromatic rings. The average molecular weight is 294 g/mol. The number of anilines is 2. The number of nitrogens with zero attached hydrogens (tertiary/aromatic N) is 1. The van der Waals surface area contributed by atoms with Crippen LogP contribution < -0.4 is 10.6 Å². The lowest BCUT2D eigenvalue weighted by Gasteiger charge is -2.29. The highest BCUT2D eigenvalue weighted by Crippen LogP contribution is 2.25. The summed E-state index contributed by atoms with van der Waals surface area (Å²) in [6.45, 7) is 3.27. The Morgan fingerprint density at radius 2 is 2.19 bits per heavy atom. The maximum absolute atomic E-state index is 12.4. The lowest BCUT2D eigenvalue weighted by Crippen LogP contribution is -2.45. The molecule has 1 aliphatic heterocycles. The molecule has 21 heavy (non-hydrogen) atoms. The zero-order chi connectivity index (χ0) is 15.4. The van der Waals surface area contributed by atoms with Crippen LogP contribution in [0.15, 0.2) is 18.2 Å². The van der Waals surface area contributed by atoms with Crippen LogP contribution in [0.5, 0.6) is 0 Å². The van der Waals surface area contributed by atoms with E-state index in [1.165, 1.54) is 23.1 Å². The number of carbonyl (C=O) groups is 2. The molecule has 1 amide bonds. The number of nitrogens with two attached hydrogens (primary N) is 1. The highest BCUT2D eigenvalue weighted by molar-refractivity contribution is 6.00. The summed E-state index contributed by atoms with van der Waals surface area (Å²) in [6, 6.07) is 4.29. The van der Waals surface area contributed by atoms with Gasteiger partial charge in [0, 0.05) is 6.54 Å². The molecule has 1 fully saturated rings. The highest BCUT2D eigenvalue weighted by atomic mass is 16.6. The Kier molecular flexibility index (Phi) is 4.77. The summed E-state index contributed by atoms with van der Waals surface area (Å²) >= 11 is 0. The quantitative estimate of drug-likeness (QED) is 0.794. The van der Waals surface area contributed by atoms with Gasteiger partial charge in [-0.15, -0.1) is 0 Å². The van der Waals surface area contributed by atoms with E-state index in [0.717, 1.165) is 0 Å². The minimum Gasteiger partial charge on any atom is -0.478 e. The van der Waals surface area contributed by atoms with Gasteiger partial charge in [0.05, 0.1) is 36.8 Å². The number of carboxylic acids is 1. The van der Waals surface area contributed by atoms with Crippen molar-refractivity contribution in [3.05, 3.63) is 23.8 Å². The van der Waals surface area contributed by atoms with Gasteiger partial charge in [-0.3, -0.25) is 4.79 Å². The number of likely N-dealkylation sites (N-methyl/N-ethyl adjacent to an activating group) is 1. The summed E-state index contributed by atoms with van der Waals surface area (Å²) in [5, 5.41) is 8.94. The molecule has 0 aromatic heterocycles. The lowest BCUT2D eigenvalue weighted by atomic mass is 10.1. The molecule has 0 saturated carbocycles. The third-order valence-electron chi connectivity index (χ3n) is 3.24. The lowest BCUT2D eigenvalue weighted by molar-refractivity contribution is -0.144. The summed E-state index contributed by atoms with van der Waals surface area (Å²) in [5.41, 5.74) is 6.67. The maximum Gasteiger partial charge on any atom is 0.335 e. The Labute approximate surface area is 122 Å². The van der Waals surface area contributed by atoms with Crippen LogP contribution in [0.2, 0.25) is 0 Å². The van der Waals surface area contributed by atoms with E-state index >= 15 is 0 Å². The van der Waals surface area contributed by atoms with Crippen molar-refractivity contribution in [2.45, 2.75) is 13.0 Å². The fourth-order valence-electron chi connectivity index (χ4n) is 2.18. The molecule has 0 spiro atoms. The fraction of sp³-hybridized carbons (Fsp3) is 0.429. The molecular weight excluding hydrogens is 276 g/mol. The SMILES string of the molecule is CCN(C(=O)C1COCCO1)c1ccc(C(=O)O)cc1N. The number of carbonyl (C=O) groups excluding carboxylic acids is 1. The third-order valence-corrected chi connectivity index (χ3v) is 3.24. The second kappa shape index (κ2) is 6.55. The summed E-state index contributed by atoms with van der Waals surface area (Å²) in [5.74, 6) is -1.31. The number of ether oxygens (including phenoxy) is 2. The number of carboxylic acid groups (broad SMARTS) is 1. The first-order chi connectivity index (χ1) is 10.0. The molecule has 2 rings (SSSR count). The van der Waals surface area contributed by atoms with Gasteiger partial charge < -0.3 is 25.2 Å². The highest BCUT2D eigenvalue weighted by Gasteiger charge is 2.28. The van der Waals surface area contributed by atoms with Crippen LogP contribution in [-0.2, 0) is 14.3 Å². The van der Waals surface area contributed by atoms with Crippen molar-refractivity contribution in [3.63, 3.8) is 0 Å². The Bertz CT molecular complexity index is 540. The third kappa shape index (κ3) is 3.32. The van der Waals surface area contributed by atoms with Gasteiger partial charge in [0.15, 0.2) is 6.10 Å². The first-order valence-corrected chi connectivity index (χ1v) is 6.68. The number of hydrogen-bond donors (Lipinski definition) is 2. The van der Waals surface area contributed by atoms with E-state index in [1.54, 1.807) is 0 Å². The Morgan fingerprint density at radius 1 is 1.43 bits per heavy atom. The van der Waals surface area contributed by atoms with Crippen molar-refractivity contribution in [1.82, 2.24) is 0 Å². The summed E-state index contributed by atoms with van der Waals surface area (Å²) in [6.07, 6.45) is -0.655. The number of nitrogen functional groups attached to an aromatic ring is 1. The summed E-state index contributed by atoms with van der Waals surface area (Å²) in [4.78, 5) is 24.8. The first-order valence-electron chi connectivity index (χ1n) is 6.68. The standard InChI is InChI=1S/C14H18N2O5/c1-2-16(13(17)12-8-20-5-6-21-12)11-4-3-9(14(18)19)7-10(11)15/h3-4,7,12H,2,5-6,8,15H2,1H3,(H,18,19). The van der Waals surface area contributed by atoms with Crippen LogP contribution in [0.1, 0.15) is 17.3 Å². The molecule has 0 aliphatic carbocycles. The van der Waals surface area contributed by atoms with E-state index in [4.69, 9.17) is 20.3 Å². The first kappa shape index (κ1) is 15.3. The Hall–Kier alpha value is -2.12. The van der Waals surface area contributed by atoms with E-state index in [0.29, 0.717) is 25.4 Å². The molecule has 1 saturated heterocycles. The molecule has 1 aromatic carbocycles. The number of rotatable bonds is 4. The molecule has 1 aliphatic rings. The Morgan fingerprint density at radius 3 is 2.71 bits per heavy atom. The van der Waals surface area contributed by atoms with E-state index in [9.17, 15) is 9.59 Å². The van der Waals surface area contributed by atoms with Gasteiger partial charge in [-0.1, -0.05) is 0 Å². The van der Waals surface area contributed by atoms with Crippen LogP contribution in [0, 0.1) is 0 Å². The van der Waals surface area contributed by atoms with Crippen molar-refractivity contribution in [3.8, 4) is 0 Å². The largest absolute Gasteiger partial charge is 0.478 e. The summed E-state index contributed by atoms with van der Waals surface area (Å²) in [7, 11) is 0.